The number of methoxy groups -OCH3 is 1. The molecule has 1 unspecified atom stereocenters. The van der Waals surface area contributed by atoms with E-state index in [1.807, 2.05) is 0 Å². The van der Waals surface area contributed by atoms with Crippen molar-refractivity contribution in [3.05, 3.63) is 29.3 Å². The summed E-state index contributed by atoms with van der Waals surface area (Å²) >= 11 is 0. The zero-order chi connectivity index (χ0) is 15.6. The minimum absolute atomic E-state index is 0.0201. The van der Waals surface area contributed by atoms with Crippen LogP contribution in [0, 0.1) is 11.6 Å². The first kappa shape index (κ1) is 15.2. The Morgan fingerprint density at radius 3 is 2.81 bits per heavy atom. The standard InChI is InChI=1S/C13H14F2N2O4/c1-20-13(19)9-6-21-5-4-17(9)12(18)10-7(14)2-3-8(16)11(10)15/h2-3,9H,4-6,16H2,1H3. The van der Waals surface area contributed by atoms with Crippen molar-refractivity contribution in [3.8, 4) is 0 Å². The van der Waals surface area contributed by atoms with Gasteiger partial charge in [-0.2, -0.15) is 0 Å². The van der Waals surface area contributed by atoms with Crippen molar-refractivity contribution in [2.24, 2.45) is 0 Å². The number of nitrogens with two attached hydrogens (primary N) is 1. The number of hydrogen-bond donors (Lipinski definition) is 1. The van der Waals surface area contributed by atoms with Gasteiger partial charge in [-0.3, -0.25) is 4.79 Å². The first-order chi connectivity index (χ1) is 9.97. The summed E-state index contributed by atoms with van der Waals surface area (Å²) in [6.07, 6.45) is 0. The van der Waals surface area contributed by atoms with Crippen LogP contribution in [0.5, 0.6) is 0 Å². The Balaban J connectivity index is 2.38. The lowest BCUT2D eigenvalue weighted by molar-refractivity contribution is -0.151. The van der Waals surface area contributed by atoms with Crippen LogP contribution in [0.25, 0.3) is 0 Å². The summed E-state index contributed by atoms with van der Waals surface area (Å²) in [7, 11) is 1.15. The van der Waals surface area contributed by atoms with Crippen LogP contribution in [-0.4, -0.2) is 49.7 Å². The summed E-state index contributed by atoms with van der Waals surface area (Å²) in [5.74, 6) is -3.86. The van der Waals surface area contributed by atoms with Crippen molar-refractivity contribution in [2.75, 3.05) is 32.6 Å². The molecule has 6 nitrogen and oxygen atoms in total. The third-order valence-electron chi connectivity index (χ3n) is 3.20. The molecule has 114 valence electrons. The second-order valence-corrected chi connectivity index (χ2v) is 4.44. The Kier molecular flexibility index (Phi) is 4.37. The van der Waals surface area contributed by atoms with Gasteiger partial charge in [0.2, 0.25) is 0 Å². The third kappa shape index (κ3) is 2.80. The molecule has 2 N–H and O–H groups in total. The number of carbonyl (C=O) groups is 2. The number of morpholine rings is 1. The number of nitrogens with zero attached hydrogens (tertiary/aromatic N) is 1. The second kappa shape index (κ2) is 6.04. The number of halogens is 2. The van der Waals surface area contributed by atoms with Gasteiger partial charge in [0.15, 0.2) is 11.9 Å². The van der Waals surface area contributed by atoms with Crippen LogP contribution in [0.15, 0.2) is 12.1 Å². The van der Waals surface area contributed by atoms with Gasteiger partial charge in [-0.25, -0.2) is 13.6 Å². The Labute approximate surface area is 119 Å². The fourth-order valence-corrected chi connectivity index (χ4v) is 2.09. The van der Waals surface area contributed by atoms with Crippen molar-refractivity contribution < 1.29 is 27.8 Å². The maximum Gasteiger partial charge on any atom is 0.331 e. The molecule has 1 aromatic rings. The van der Waals surface area contributed by atoms with Gasteiger partial charge in [0.05, 0.1) is 26.0 Å². The van der Waals surface area contributed by atoms with Crippen LogP contribution >= 0.6 is 0 Å². The number of benzene rings is 1. The predicted octanol–water partition coefficient (Wildman–Crippen LogP) is 0.561. The maximum absolute atomic E-state index is 13.9. The Morgan fingerprint density at radius 1 is 1.43 bits per heavy atom. The van der Waals surface area contributed by atoms with Gasteiger partial charge in [0.1, 0.15) is 11.4 Å². The van der Waals surface area contributed by atoms with E-state index in [1.54, 1.807) is 0 Å². The van der Waals surface area contributed by atoms with Crippen LogP contribution in [-0.2, 0) is 14.3 Å². The third-order valence-corrected chi connectivity index (χ3v) is 3.20. The molecule has 1 aromatic carbocycles. The van der Waals surface area contributed by atoms with Crippen molar-refractivity contribution in [2.45, 2.75) is 6.04 Å². The van der Waals surface area contributed by atoms with Gasteiger partial charge in [-0.1, -0.05) is 0 Å². The summed E-state index contributed by atoms with van der Waals surface area (Å²) < 4.78 is 37.3. The van der Waals surface area contributed by atoms with E-state index in [9.17, 15) is 18.4 Å². The fraction of sp³-hybridized carbons (Fsp3) is 0.385. The molecule has 2 rings (SSSR count). The molecular formula is C13H14F2N2O4. The van der Waals surface area contributed by atoms with Crippen molar-refractivity contribution in [3.63, 3.8) is 0 Å². The van der Waals surface area contributed by atoms with E-state index < -0.39 is 35.1 Å². The van der Waals surface area contributed by atoms with Crippen LogP contribution in [0.3, 0.4) is 0 Å². The van der Waals surface area contributed by atoms with E-state index >= 15 is 0 Å². The molecule has 8 heteroatoms. The van der Waals surface area contributed by atoms with E-state index in [1.165, 1.54) is 0 Å². The molecular weight excluding hydrogens is 286 g/mol. The molecule has 0 aliphatic carbocycles. The molecule has 1 atom stereocenters. The molecule has 1 heterocycles. The second-order valence-electron chi connectivity index (χ2n) is 4.44. The molecule has 1 saturated heterocycles. The molecule has 1 amide bonds. The summed E-state index contributed by atoms with van der Waals surface area (Å²) in [6.45, 7) is 0.0844. The van der Waals surface area contributed by atoms with Gasteiger partial charge in [-0.15, -0.1) is 0 Å². The molecule has 0 bridgehead atoms. The number of ether oxygens (including phenoxy) is 2. The van der Waals surface area contributed by atoms with E-state index in [0.29, 0.717) is 0 Å². The zero-order valence-corrected chi connectivity index (χ0v) is 11.3. The average Bonchev–Trinajstić information content (AvgIpc) is 2.50. The van der Waals surface area contributed by atoms with Crippen LogP contribution in [0.4, 0.5) is 14.5 Å². The number of hydrogen-bond acceptors (Lipinski definition) is 5. The maximum atomic E-state index is 13.9. The highest BCUT2D eigenvalue weighted by molar-refractivity contribution is 5.98. The molecule has 0 radical (unpaired) electrons. The lowest BCUT2D eigenvalue weighted by Crippen LogP contribution is -2.53. The van der Waals surface area contributed by atoms with Crippen molar-refractivity contribution in [1.29, 1.82) is 0 Å². The summed E-state index contributed by atoms with van der Waals surface area (Å²) in [5.41, 5.74) is 4.22. The largest absolute Gasteiger partial charge is 0.467 e. The number of nitrogen functional groups attached to an aromatic ring is 1. The monoisotopic (exact) mass is 300 g/mol. The van der Waals surface area contributed by atoms with E-state index in [2.05, 4.69) is 4.74 Å². The van der Waals surface area contributed by atoms with E-state index in [4.69, 9.17) is 10.5 Å². The number of amides is 1. The zero-order valence-electron chi connectivity index (χ0n) is 11.3. The molecule has 21 heavy (non-hydrogen) atoms. The lowest BCUT2D eigenvalue weighted by atomic mass is 10.1. The first-order valence-electron chi connectivity index (χ1n) is 6.17. The summed E-state index contributed by atoms with van der Waals surface area (Å²) in [5, 5.41) is 0. The Bertz CT molecular complexity index is 580. The normalized spacial score (nSPS) is 18.4. The molecule has 1 aliphatic heterocycles. The van der Waals surface area contributed by atoms with Gasteiger partial charge < -0.3 is 20.1 Å². The molecule has 1 aliphatic rings. The minimum atomic E-state index is -1.14. The smallest absolute Gasteiger partial charge is 0.331 e. The SMILES string of the molecule is COC(=O)C1COCCN1C(=O)c1c(F)ccc(N)c1F. The molecule has 0 saturated carbocycles. The van der Waals surface area contributed by atoms with Crippen molar-refractivity contribution >= 4 is 17.6 Å². The number of rotatable bonds is 2. The number of carbonyl (C=O) groups excluding carboxylic acids is 2. The number of anilines is 1. The average molecular weight is 300 g/mol. The highest BCUT2D eigenvalue weighted by atomic mass is 19.1. The molecule has 0 aromatic heterocycles. The molecule has 1 fully saturated rings. The fourth-order valence-electron chi connectivity index (χ4n) is 2.09. The van der Waals surface area contributed by atoms with Crippen molar-refractivity contribution in [1.82, 2.24) is 4.90 Å². The quantitative estimate of drug-likeness (QED) is 0.637. The highest BCUT2D eigenvalue weighted by Gasteiger charge is 2.36. The van der Waals surface area contributed by atoms with E-state index in [0.717, 1.165) is 24.1 Å². The summed E-state index contributed by atoms with van der Waals surface area (Å²) in [4.78, 5) is 25.0. The molecule has 0 spiro atoms. The van der Waals surface area contributed by atoms with Gasteiger partial charge in [-0.05, 0) is 12.1 Å². The Morgan fingerprint density at radius 2 is 2.14 bits per heavy atom. The highest BCUT2D eigenvalue weighted by Crippen LogP contribution is 2.22. The topological polar surface area (TPSA) is 81.9 Å². The van der Waals surface area contributed by atoms with Gasteiger partial charge in [0.25, 0.3) is 5.91 Å². The minimum Gasteiger partial charge on any atom is -0.467 e. The van der Waals surface area contributed by atoms with Crippen LogP contribution < -0.4 is 5.73 Å². The van der Waals surface area contributed by atoms with E-state index in [-0.39, 0.29) is 25.4 Å². The van der Waals surface area contributed by atoms with Crippen LogP contribution in [0.2, 0.25) is 0 Å². The van der Waals surface area contributed by atoms with Gasteiger partial charge in [0, 0.05) is 6.54 Å². The predicted molar refractivity (Wildman–Crippen MR) is 68.4 cm³/mol. The lowest BCUT2D eigenvalue weighted by Gasteiger charge is -2.33. The van der Waals surface area contributed by atoms with Crippen LogP contribution in [0.1, 0.15) is 10.4 Å². The number of esters is 1. The first-order valence-corrected chi connectivity index (χ1v) is 6.17. The Hall–Kier alpha value is -2.22. The van der Waals surface area contributed by atoms with Gasteiger partial charge >= 0.3 is 5.97 Å². The summed E-state index contributed by atoms with van der Waals surface area (Å²) in [6, 6.07) is 0.883.